The van der Waals surface area contributed by atoms with Crippen LogP contribution in [0.5, 0.6) is 0 Å². The third-order valence-corrected chi connectivity index (χ3v) is 3.35. The first-order valence-electron chi connectivity index (χ1n) is 7.80. The Kier molecular flexibility index (Phi) is 8.85. The molecule has 1 aliphatic rings. The van der Waals surface area contributed by atoms with Gasteiger partial charge in [-0.15, -0.1) is 11.6 Å². The summed E-state index contributed by atoms with van der Waals surface area (Å²) in [6, 6.07) is 18.8. The molecule has 3 nitrogen and oxygen atoms in total. The van der Waals surface area contributed by atoms with Gasteiger partial charge in [0.15, 0.2) is 0 Å². The van der Waals surface area contributed by atoms with Gasteiger partial charge in [0, 0.05) is 30.6 Å². The van der Waals surface area contributed by atoms with Crippen LogP contribution < -0.4 is 4.90 Å². The molecule has 0 bridgehead atoms. The number of hydrogen-bond acceptors (Lipinski definition) is 3. The van der Waals surface area contributed by atoms with Gasteiger partial charge in [-0.05, 0) is 18.2 Å². The number of anilines is 2. The number of halogens is 1. The van der Waals surface area contributed by atoms with E-state index in [1.165, 1.54) is 17.8 Å². The fourth-order valence-electron chi connectivity index (χ4n) is 2.51. The lowest BCUT2D eigenvalue weighted by Crippen LogP contribution is -2.28. The van der Waals surface area contributed by atoms with Gasteiger partial charge in [0.2, 0.25) is 0 Å². The maximum atomic E-state index is 4.95. The molecule has 23 heavy (non-hydrogen) atoms. The standard InChI is InChI=1S/C16H16N2O.C2H6.CH3Cl/c1-19-17-15-11-12-18(13-7-3-2-4-8-13)16-10-6-5-9-14(15)16;2*1-2/h2-10H,11-12H2,1H3;1-2H3;1H3/b17-15+;;. The first kappa shape index (κ1) is 19.0. The van der Waals surface area contributed by atoms with E-state index in [4.69, 9.17) is 4.84 Å². The maximum absolute atomic E-state index is 4.95. The number of fused-ring (bicyclic) bond motifs is 1. The summed E-state index contributed by atoms with van der Waals surface area (Å²) < 4.78 is 0. The summed E-state index contributed by atoms with van der Waals surface area (Å²) in [4.78, 5) is 7.27. The number of oxime groups is 1. The molecule has 0 saturated carbocycles. The SMILES string of the molecule is CC.CCl.CO/N=C1\CCN(c2ccccc2)c2ccccc21. The van der Waals surface area contributed by atoms with E-state index < -0.39 is 0 Å². The van der Waals surface area contributed by atoms with Gasteiger partial charge in [-0.1, -0.05) is 55.4 Å². The van der Waals surface area contributed by atoms with Crippen molar-refractivity contribution in [3.8, 4) is 0 Å². The van der Waals surface area contributed by atoms with Gasteiger partial charge in [0.25, 0.3) is 0 Å². The van der Waals surface area contributed by atoms with Crippen LogP contribution in [0, 0.1) is 0 Å². The third kappa shape index (κ3) is 4.73. The number of para-hydroxylation sites is 2. The van der Waals surface area contributed by atoms with Crippen LogP contribution in [0.3, 0.4) is 0 Å². The first-order valence-corrected chi connectivity index (χ1v) is 8.55. The summed E-state index contributed by atoms with van der Waals surface area (Å²) in [7, 11) is 1.60. The minimum Gasteiger partial charge on any atom is -0.399 e. The van der Waals surface area contributed by atoms with E-state index in [2.05, 4.69) is 64.1 Å². The van der Waals surface area contributed by atoms with Crippen molar-refractivity contribution in [2.24, 2.45) is 5.16 Å². The van der Waals surface area contributed by atoms with Crippen molar-refractivity contribution in [2.45, 2.75) is 20.3 Å². The number of rotatable bonds is 2. The van der Waals surface area contributed by atoms with Gasteiger partial charge in [-0.2, -0.15) is 0 Å². The van der Waals surface area contributed by atoms with E-state index in [0.717, 1.165) is 24.2 Å². The van der Waals surface area contributed by atoms with E-state index in [1.807, 2.05) is 26.0 Å². The molecule has 1 aliphatic heterocycles. The number of alkyl halides is 1. The normalized spacial score (nSPS) is 14.0. The molecule has 0 fully saturated rings. The van der Waals surface area contributed by atoms with Crippen LogP contribution in [0.4, 0.5) is 11.4 Å². The second-order valence-electron chi connectivity index (χ2n) is 4.47. The van der Waals surface area contributed by atoms with E-state index in [9.17, 15) is 0 Å². The number of benzene rings is 2. The molecule has 0 radical (unpaired) electrons. The van der Waals surface area contributed by atoms with Crippen LogP contribution in [0.25, 0.3) is 0 Å². The smallest absolute Gasteiger partial charge is 0.106 e. The largest absolute Gasteiger partial charge is 0.399 e. The molecule has 3 rings (SSSR count). The average Bonchev–Trinajstić information content (AvgIpc) is 2.66. The van der Waals surface area contributed by atoms with Crippen LogP contribution in [0.2, 0.25) is 0 Å². The lowest BCUT2D eigenvalue weighted by Gasteiger charge is -2.31. The molecule has 4 heteroatoms. The topological polar surface area (TPSA) is 24.8 Å². The molecule has 0 N–H and O–H groups in total. The summed E-state index contributed by atoms with van der Waals surface area (Å²) >= 11 is 4.64. The van der Waals surface area contributed by atoms with Crippen LogP contribution in [0.15, 0.2) is 59.8 Å². The van der Waals surface area contributed by atoms with Crippen LogP contribution in [0.1, 0.15) is 25.8 Å². The zero-order valence-corrected chi connectivity index (χ0v) is 15.0. The quantitative estimate of drug-likeness (QED) is 0.539. The molecule has 0 unspecified atom stereocenters. The molecule has 0 spiro atoms. The molecular formula is C19H25ClN2O. The fraction of sp³-hybridized carbons (Fsp3) is 0.316. The minimum atomic E-state index is 0.889. The minimum absolute atomic E-state index is 0.889. The van der Waals surface area contributed by atoms with Crippen LogP contribution >= 0.6 is 11.6 Å². The van der Waals surface area contributed by atoms with Gasteiger partial charge in [-0.25, -0.2) is 0 Å². The number of hydrogen-bond donors (Lipinski definition) is 0. The molecule has 0 aromatic heterocycles. The lowest BCUT2D eigenvalue weighted by atomic mass is 9.99. The molecule has 124 valence electrons. The highest BCUT2D eigenvalue weighted by Gasteiger charge is 2.22. The van der Waals surface area contributed by atoms with Crippen molar-refractivity contribution in [3.05, 3.63) is 60.2 Å². The predicted molar refractivity (Wildman–Crippen MR) is 101 cm³/mol. The summed E-state index contributed by atoms with van der Waals surface area (Å²) in [6.45, 7) is 4.92. The predicted octanol–water partition coefficient (Wildman–Crippen LogP) is 5.46. The van der Waals surface area contributed by atoms with Gasteiger partial charge in [0.1, 0.15) is 7.11 Å². The van der Waals surface area contributed by atoms with E-state index in [0.29, 0.717) is 0 Å². The Hall–Kier alpha value is -2.00. The Bertz CT molecular complexity index is 599. The number of nitrogens with zero attached hydrogens (tertiary/aromatic N) is 2. The molecule has 0 amide bonds. The Labute approximate surface area is 144 Å². The molecule has 2 aromatic carbocycles. The highest BCUT2D eigenvalue weighted by atomic mass is 35.5. The highest BCUT2D eigenvalue weighted by molar-refractivity contribution is 6.15. The van der Waals surface area contributed by atoms with Gasteiger partial charge >= 0.3 is 0 Å². The highest BCUT2D eigenvalue weighted by Crippen LogP contribution is 2.33. The van der Waals surface area contributed by atoms with Crippen molar-refractivity contribution in [1.82, 2.24) is 0 Å². The third-order valence-electron chi connectivity index (χ3n) is 3.35. The van der Waals surface area contributed by atoms with E-state index in [1.54, 1.807) is 7.11 Å². The van der Waals surface area contributed by atoms with Gasteiger partial charge in [0.05, 0.1) is 11.4 Å². The second kappa shape index (κ2) is 10.7. The molecule has 0 aliphatic carbocycles. The van der Waals surface area contributed by atoms with Crippen LogP contribution in [-0.4, -0.2) is 25.7 Å². The summed E-state index contributed by atoms with van der Waals surface area (Å²) in [5.74, 6) is 0. The first-order chi connectivity index (χ1) is 11.4. The second-order valence-corrected chi connectivity index (χ2v) is 4.47. The average molecular weight is 333 g/mol. The van der Waals surface area contributed by atoms with Crippen molar-refractivity contribution in [3.63, 3.8) is 0 Å². The lowest BCUT2D eigenvalue weighted by molar-refractivity contribution is 0.213. The zero-order chi connectivity index (χ0) is 17.1. The van der Waals surface area contributed by atoms with Crippen LogP contribution in [-0.2, 0) is 4.84 Å². The van der Waals surface area contributed by atoms with Gasteiger partial charge < -0.3 is 9.74 Å². The van der Waals surface area contributed by atoms with E-state index >= 15 is 0 Å². The fourth-order valence-corrected chi connectivity index (χ4v) is 2.51. The Morgan fingerprint density at radius 2 is 1.57 bits per heavy atom. The summed E-state index contributed by atoms with van der Waals surface area (Å²) in [5.41, 5.74) is 4.58. The van der Waals surface area contributed by atoms with Crippen molar-refractivity contribution < 1.29 is 4.84 Å². The summed E-state index contributed by atoms with van der Waals surface area (Å²) in [5, 5.41) is 4.14. The van der Waals surface area contributed by atoms with Crippen molar-refractivity contribution in [2.75, 3.05) is 24.9 Å². The molecule has 0 atom stereocenters. The Balaban J connectivity index is 0.000000615. The van der Waals surface area contributed by atoms with Crippen molar-refractivity contribution in [1.29, 1.82) is 0 Å². The zero-order valence-electron chi connectivity index (χ0n) is 14.3. The Morgan fingerprint density at radius 1 is 0.957 bits per heavy atom. The van der Waals surface area contributed by atoms with Gasteiger partial charge in [-0.3, -0.25) is 0 Å². The summed E-state index contributed by atoms with van der Waals surface area (Å²) in [6.07, 6.45) is 2.36. The van der Waals surface area contributed by atoms with Crippen molar-refractivity contribution >= 4 is 28.7 Å². The molecular weight excluding hydrogens is 308 g/mol. The molecule has 1 heterocycles. The Morgan fingerprint density at radius 3 is 2.22 bits per heavy atom. The maximum Gasteiger partial charge on any atom is 0.106 e. The molecule has 0 saturated heterocycles. The molecule has 2 aromatic rings. The van der Waals surface area contributed by atoms with E-state index in [-0.39, 0.29) is 0 Å². The monoisotopic (exact) mass is 332 g/mol.